The third kappa shape index (κ3) is 5.71. The van der Waals surface area contributed by atoms with E-state index >= 15 is 0 Å². The van der Waals surface area contributed by atoms with Crippen molar-refractivity contribution >= 4 is 20.8 Å². The molecule has 0 heterocycles. The van der Waals surface area contributed by atoms with E-state index < -0.39 is 38.4 Å². The normalized spacial score (nSPS) is 34.5. The predicted molar refractivity (Wildman–Crippen MR) is 97.2 cm³/mol. The van der Waals surface area contributed by atoms with Crippen LogP contribution in [0.1, 0.15) is 49.7 Å². The fourth-order valence-corrected chi connectivity index (χ4v) is 7.13. The van der Waals surface area contributed by atoms with Gasteiger partial charge in [-0.25, -0.2) is 16.8 Å². The van der Waals surface area contributed by atoms with Gasteiger partial charge in [0, 0.05) is 5.41 Å². The van der Waals surface area contributed by atoms with Gasteiger partial charge in [0.25, 0.3) is 0 Å². The molecule has 4 unspecified atom stereocenters. The zero-order valence-electron chi connectivity index (χ0n) is 17.7. The Kier molecular flexibility index (Phi) is 8.84. The minimum Gasteiger partial charge on any atom is -0.726 e. The molecule has 1 N–H and O–H groups in total. The average Bonchev–Trinajstić information content (AvgIpc) is 2.83. The smallest absolute Gasteiger partial charge is 0.726 e. The van der Waals surface area contributed by atoms with E-state index in [2.05, 4.69) is 4.18 Å². The SMILES string of the molecule is C[C@]12CCC3c4ccc(O)cc4CCC3C1CC(OS(=O)(=O)[O-])[C@@H]2OS(=O)(=O)[O-].[Na+].[Na+]. The summed E-state index contributed by atoms with van der Waals surface area (Å²) in [5.41, 5.74) is 1.37. The van der Waals surface area contributed by atoms with Gasteiger partial charge >= 0.3 is 59.1 Å². The first kappa shape index (κ1) is 28.0. The predicted octanol–water partition coefficient (Wildman–Crippen LogP) is -4.44. The van der Waals surface area contributed by atoms with Crippen LogP contribution >= 0.6 is 0 Å². The average molecular weight is 492 g/mol. The maximum Gasteiger partial charge on any atom is 1.00 e. The van der Waals surface area contributed by atoms with Crippen molar-refractivity contribution in [1.29, 1.82) is 0 Å². The molecule has 2 saturated carbocycles. The van der Waals surface area contributed by atoms with Crippen molar-refractivity contribution in [2.75, 3.05) is 0 Å². The van der Waals surface area contributed by atoms with Crippen LogP contribution in [0.4, 0.5) is 0 Å². The monoisotopic (exact) mass is 492 g/mol. The van der Waals surface area contributed by atoms with Gasteiger partial charge in [-0.2, -0.15) is 0 Å². The van der Waals surface area contributed by atoms with Crippen LogP contribution in [-0.4, -0.2) is 43.3 Å². The maximum atomic E-state index is 11.3. The third-order valence-corrected chi connectivity index (χ3v) is 8.01. The molecule has 9 nitrogen and oxygen atoms in total. The Morgan fingerprint density at radius 3 is 2.32 bits per heavy atom. The van der Waals surface area contributed by atoms with E-state index in [4.69, 9.17) is 4.18 Å². The zero-order valence-corrected chi connectivity index (χ0v) is 23.3. The molecule has 0 bridgehead atoms. The molecule has 0 spiro atoms. The number of rotatable bonds is 4. The van der Waals surface area contributed by atoms with Crippen molar-refractivity contribution in [3.63, 3.8) is 0 Å². The summed E-state index contributed by atoms with van der Waals surface area (Å²) in [5, 5.41) is 9.76. The summed E-state index contributed by atoms with van der Waals surface area (Å²) < 4.78 is 76.9. The number of benzene rings is 1. The van der Waals surface area contributed by atoms with Crippen molar-refractivity contribution in [3.8, 4) is 5.75 Å². The summed E-state index contributed by atoms with van der Waals surface area (Å²) >= 11 is 0. The molecule has 6 atom stereocenters. The molecule has 0 aromatic heterocycles. The number of fused-ring (bicyclic) bond motifs is 5. The van der Waals surface area contributed by atoms with Gasteiger partial charge in [-0.05, 0) is 73.1 Å². The molecule has 3 aliphatic carbocycles. The van der Waals surface area contributed by atoms with Crippen molar-refractivity contribution in [2.45, 2.75) is 57.2 Å². The Hall–Kier alpha value is 0.760. The second-order valence-electron chi connectivity index (χ2n) is 8.55. The molecular formula is C18H22Na2O9S2. The molecule has 0 saturated heterocycles. The van der Waals surface area contributed by atoms with Crippen molar-refractivity contribution in [1.82, 2.24) is 0 Å². The van der Waals surface area contributed by atoms with E-state index in [1.807, 2.05) is 6.07 Å². The summed E-state index contributed by atoms with van der Waals surface area (Å²) in [6.45, 7) is 1.77. The molecule has 31 heavy (non-hydrogen) atoms. The number of phenolic OH excluding ortho intramolecular Hbond substituents is 1. The molecule has 0 radical (unpaired) electrons. The van der Waals surface area contributed by atoms with Crippen LogP contribution < -0.4 is 59.1 Å². The Bertz CT molecular complexity index is 1030. The van der Waals surface area contributed by atoms with Crippen LogP contribution in [0, 0.1) is 17.3 Å². The molecule has 4 rings (SSSR count). The van der Waals surface area contributed by atoms with Gasteiger partial charge in [-0.3, -0.25) is 8.37 Å². The first-order valence-electron chi connectivity index (χ1n) is 9.47. The van der Waals surface area contributed by atoms with Gasteiger partial charge in [-0.15, -0.1) is 0 Å². The summed E-state index contributed by atoms with van der Waals surface area (Å²) in [7, 11) is -10.2. The van der Waals surface area contributed by atoms with Crippen LogP contribution in [0.15, 0.2) is 18.2 Å². The zero-order chi connectivity index (χ0) is 21.2. The van der Waals surface area contributed by atoms with E-state index in [1.54, 1.807) is 19.1 Å². The molecule has 162 valence electrons. The number of hydrogen-bond donors (Lipinski definition) is 1. The minimum absolute atomic E-state index is 0. The van der Waals surface area contributed by atoms with Crippen molar-refractivity contribution < 1.29 is 98.5 Å². The van der Waals surface area contributed by atoms with Gasteiger partial charge in [-0.1, -0.05) is 13.0 Å². The summed E-state index contributed by atoms with van der Waals surface area (Å²) in [4.78, 5) is 0. The fraction of sp³-hybridized carbons (Fsp3) is 0.667. The van der Waals surface area contributed by atoms with Crippen molar-refractivity contribution in [2.24, 2.45) is 17.3 Å². The van der Waals surface area contributed by atoms with E-state index in [0.29, 0.717) is 19.3 Å². The molecule has 0 amide bonds. The number of hydrogen-bond acceptors (Lipinski definition) is 9. The van der Waals surface area contributed by atoms with Gasteiger partial charge < -0.3 is 14.2 Å². The van der Waals surface area contributed by atoms with E-state index in [0.717, 1.165) is 17.5 Å². The summed E-state index contributed by atoms with van der Waals surface area (Å²) in [5.74, 6) is 0.271. The van der Waals surface area contributed by atoms with Crippen LogP contribution in [0.5, 0.6) is 5.75 Å². The minimum atomic E-state index is -5.12. The Balaban J connectivity index is 0.00000171. The molecule has 0 aliphatic heterocycles. The van der Waals surface area contributed by atoms with Crippen LogP contribution in [-0.2, 0) is 35.6 Å². The molecule has 1 aromatic carbocycles. The Labute approximate surface area is 226 Å². The third-order valence-electron chi connectivity index (χ3n) is 7.08. The summed E-state index contributed by atoms with van der Waals surface area (Å²) in [6, 6.07) is 5.28. The number of aryl methyl sites for hydroxylation is 1. The summed E-state index contributed by atoms with van der Waals surface area (Å²) in [6.07, 6.45) is 0.108. The van der Waals surface area contributed by atoms with Gasteiger partial charge in [0.1, 0.15) is 18.0 Å². The topological polar surface area (TPSA) is 153 Å². The van der Waals surface area contributed by atoms with Gasteiger partial charge in [0.05, 0.1) is 0 Å². The Morgan fingerprint density at radius 2 is 1.71 bits per heavy atom. The van der Waals surface area contributed by atoms with E-state index in [-0.39, 0.29) is 89.0 Å². The standard InChI is InChI=1S/C18H24O9S2.2Na/c1-18-7-6-13-12-5-3-11(19)8-10(12)2-4-14(13)15(18)9-16(26-28(20,21)22)17(18)27-29(23,24)25;;/h3,5,8,13-17,19H,2,4,6-7,9H2,1H3,(H,20,21,22)(H,23,24,25);;/q;2*+1/p-2/t13?,14?,15?,16?,17-,18-;;/m0../s1. The number of aromatic hydroxyl groups is 1. The molecule has 1 aromatic rings. The molecule has 3 aliphatic rings. The second kappa shape index (κ2) is 9.79. The molecule has 13 heteroatoms. The van der Waals surface area contributed by atoms with E-state index in [9.17, 15) is 31.0 Å². The first-order chi connectivity index (χ1) is 13.4. The van der Waals surface area contributed by atoms with Gasteiger partial charge in [0.15, 0.2) is 0 Å². The fourth-order valence-electron chi connectivity index (χ4n) is 6.05. The van der Waals surface area contributed by atoms with Crippen LogP contribution in [0.25, 0.3) is 0 Å². The van der Waals surface area contributed by atoms with Crippen LogP contribution in [0.3, 0.4) is 0 Å². The second-order valence-corrected chi connectivity index (χ2v) is 10.6. The first-order valence-corrected chi connectivity index (χ1v) is 12.1. The molecule has 2 fully saturated rings. The molecular weight excluding hydrogens is 470 g/mol. The van der Waals surface area contributed by atoms with E-state index in [1.165, 1.54) is 0 Å². The largest absolute Gasteiger partial charge is 1.00 e. The van der Waals surface area contributed by atoms with Crippen LogP contribution in [0.2, 0.25) is 0 Å². The van der Waals surface area contributed by atoms with Gasteiger partial charge in [0.2, 0.25) is 20.8 Å². The quantitative estimate of drug-likeness (QED) is 0.249. The maximum absolute atomic E-state index is 11.3. The Morgan fingerprint density at radius 1 is 1.06 bits per heavy atom. The number of phenols is 1. The van der Waals surface area contributed by atoms with Crippen molar-refractivity contribution in [3.05, 3.63) is 29.3 Å².